The van der Waals surface area contributed by atoms with Crippen molar-refractivity contribution in [1.29, 1.82) is 0 Å². The van der Waals surface area contributed by atoms with Crippen molar-refractivity contribution in [2.45, 2.75) is 12.1 Å². The SMILES string of the molecule is O=S(=O)(NCc1ccc(-c2ccn[nH]2)cc1)C(F)(F)F. The largest absolute Gasteiger partial charge is 0.511 e. The smallest absolute Gasteiger partial charge is 0.278 e. The zero-order valence-electron chi connectivity index (χ0n) is 9.98. The number of hydrogen-bond donors (Lipinski definition) is 2. The highest BCUT2D eigenvalue weighted by molar-refractivity contribution is 7.90. The van der Waals surface area contributed by atoms with E-state index in [9.17, 15) is 21.6 Å². The maximum absolute atomic E-state index is 12.1. The second kappa shape index (κ2) is 5.25. The molecule has 2 N–H and O–H groups in total. The Labute approximate surface area is 112 Å². The lowest BCUT2D eigenvalue weighted by atomic mass is 10.1. The maximum Gasteiger partial charge on any atom is 0.511 e. The molecule has 0 bridgehead atoms. The van der Waals surface area contributed by atoms with E-state index in [1.165, 1.54) is 16.9 Å². The van der Waals surface area contributed by atoms with Crippen LogP contribution in [-0.2, 0) is 16.6 Å². The molecule has 0 radical (unpaired) electrons. The van der Waals surface area contributed by atoms with E-state index in [-0.39, 0.29) is 0 Å². The number of aromatic nitrogens is 2. The van der Waals surface area contributed by atoms with Crippen molar-refractivity contribution >= 4 is 10.0 Å². The third-order valence-electron chi connectivity index (χ3n) is 2.54. The second-order valence-electron chi connectivity index (χ2n) is 3.94. The predicted octanol–water partition coefficient (Wildman–Crippen LogP) is 2.02. The summed E-state index contributed by atoms with van der Waals surface area (Å²) in [5.41, 5.74) is -3.33. The number of H-pyrrole nitrogens is 1. The second-order valence-corrected chi connectivity index (χ2v) is 5.70. The Hall–Kier alpha value is -1.87. The Morgan fingerprint density at radius 2 is 1.80 bits per heavy atom. The molecular formula is C11H10F3N3O2S. The van der Waals surface area contributed by atoms with Gasteiger partial charge in [0.25, 0.3) is 0 Å². The molecule has 0 amide bonds. The van der Waals surface area contributed by atoms with Gasteiger partial charge in [-0.1, -0.05) is 24.3 Å². The molecule has 20 heavy (non-hydrogen) atoms. The van der Waals surface area contributed by atoms with Gasteiger partial charge >= 0.3 is 15.5 Å². The van der Waals surface area contributed by atoms with Crippen LogP contribution in [0.5, 0.6) is 0 Å². The molecule has 1 aromatic heterocycles. The molecular weight excluding hydrogens is 295 g/mol. The number of nitrogens with one attached hydrogen (secondary N) is 2. The molecule has 108 valence electrons. The Morgan fingerprint density at radius 3 is 2.30 bits per heavy atom. The predicted molar refractivity (Wildman–Crippen MR) is 65.8 cm³/mol. The summed E-state index contributed by atoms with van der Waals surface area (Å²) in [5.74, 6) is 0. The van der Waals surface area contributed by atoms with Crippen LogP contribution in [0.15, 0.2) is 36.5 Å². The molecule has 1 aromatic carbocycles. The minimum absolute atomic E-state index is 0.418. The van der Waals surface area contributed by atoms with Gasteiger partial charge in [-0.3, -0.25) is 5.10 Å². The van der Waals surface area contributed by atoms with Gasteiger partial charge in [0.05, 0.1) is 5.69 Å². The van der Waals surface area contributed by atoms with Crippen LogP contribution in [0.4, 0.5) is 13.2 Å². The highest BCUT2D eigenvalue weighted by Gasteiger charge is 2.45. The van der Waals surface area contributed by atoms with E-state index in [0.29, 0.717) is 5.56 Å². The van der Waals surface area contributed by atoms with E-state index in [0.717, 1.165) is 11.3 Å². The van der Waals surface area contributed by atoms with Crippen LogP contribution in [0.3, 0.4) is 0 Å². The van der Waals surface area contributed by atoms with Crippen LogP contribution in [0.25, 0.3) is 11.3 Å². The van der Waals surface area contributed by atoms with Gasteiger partial charge in [-0.05, 0) is 17.2 Å². The number of rotatable bonds is 4. The summed E-state index contributed by atoms with van der Waals surface area (Å²) in [4.78, 5) is 0. The Morgan fingerprint density at radius 1 is 1.15 bits per heavy atom. The maximum atomic E-state index is 12.1. The van der Waals surface area contributed by atoms with Crippen molar-refractivity contribution in [3.63, 3.8) is 0 Å². The molecule has 2 rings (SSSR count). The molecule has 0 saturated heterocycles. The van der Waals surface area contributed by atoms with Crippen molar-refractivity contribution < 1.29 is 21.6 Å². The van der Waals surface area contributed by atoms with Crippen molar-refractivity contribution in [1.82, 2.24) is 14.9 Å². The first kappa shape index (κ1) is 14.5. The lowest BCUT2D eigenvalue weighted by Crippen LogP contribution is -2.35. The van der Waals surface area contributed by atoms with Gasteiger partial charge in [0.1, 0.15) is 0 Å². The average molecular weight is 305 g/mol. The molecule has 0 aliphatic carbocycles. The Kier molecular flexibility index (Phi) is 3.82. The van der Waals surface area contributed by atoms with Crippen LogP contribution in [0, 0.1) is 0 Å². The number of halogens is 3. The van der Waals surface area contributed by atoms with Gasteiger partial charge in [-0.25, -0.2) is 13.1 Å². The Bertz CT molecular complexity index is 664. The molecule has 9 heteroatoms. The number of sulfonamides is 1. The van der Waals surface area contributed by atoms with Crippen LogP contribution in [0.1, 0.15) is 5.56 Å². The van der Waals surface area contributed by atoms with Crippen LogP contribution in [0.2, 0.25) is 0 Å². The van der Waals surface area contributed by atoms with Gasteiger partial charge in [-0.15, -0.1) is 0 Å². The summed E-state index contributed by atoms with van der Waals surface area (Å²) in [6, 6.07) is 8.13. The topological polar surface area (TPSA) is 74.8 Å². The van der Waals surface area contributed by atoms with Crippen molar-refractivity contribution in [2.24, 2.45) is 0 Å². The molecule has 0 atom stereocenters. The van der Waals surface area contributed by atoms with E-state index in [2.05, 4.69) is 10.2 Å². The summed E-state index contributed by atoms with van der Waals surface area (Å²) in [6.45, 7) is -0.425. The van der Waals surface area contributed by atoms with Crippen LogP contribution in [-0.4, -0.2) is 24.1 Å². The van der Waals surface area contributed by atoms with Crippen molar-refractivity contribution in [3.05, 3.63) is 42.1 Å². The fraction of sp³-hybridized carbons (Fsp3) is 0.182. The molecule has 5 nitrogen and oxygen atoms in total. The quantitative estimate of drug-likeness (QED) is 0.907. The van der Waals surface area contributed by atoms with Crippen molar-refractivity contribution in [2.75, 3.05) is 0 Å². The van der Waals surface area contributed by atoms with E-state index in [1.807, 2.05) is 0 Å². The molecule has 0 aliphatic heterocycles. The summed E-state index contributed by atoms with van der Waals surface area (Å²) in [6.07, 6.45) is 1.57. The van der Waals surface area contributed by atoms with Gasteiger partial charge in [-0.2, -0.15) is 18.3 Å². The highest BCUT2D eigenvalue weighted by Crippen LogP contribution is 2.22. The fourth-order valence-electron chi connectivity index (χ4n) is 1.48. The average Bonchev–Trinajstić information content (AvgIpc) is 2.89. The number of nitrogens with zero attached hydrogens (tertiary/aromatic N) is 1. The van der Waals surface area contributed by atoms with Crippen LogP contribution < -0.4 is 4.72 Å². The summed E-state index contributed by atoms with van der Waals surface area (Å²) >= 11 is 0. The lowest BCUT2D eigenvalue weighted by Gasteiger charge is -2.09. The van der Waals surface area contributed by atoms with E-state index < -0.39 is 22.1 Å². The standard InChI is InChI=1S/C11H10F3N3O2S/c12-11(13,14)20(18,19)16-7-8-1-3-9(4-2-8)10-5-6-15-17-10/h1-6,16H,7H2,(H,15,17). The number of hydrogen-bond acceptors (Lipinski definition) is 3. The molecule has 0 unspecified atom stereocenters. The Balaban J connectivity index is 2.06. The molecule has 2 aromatic rings. The summed E-state index contributed by atoms with van der Waals surface area (Å²) in [7, 11) is -5.32. The lowest BCUT2D eigenvalue weighted by molar-refractivity contribution is -0.0448. The molecule has 0 aliphatic rings. The monoisotopic (exact) mass is 305 g/mol. The number of aromatic amines is 1. The molecule has 0 saturated carbocycles. The molecule has 0 fully saturated rings. The molecule has 1 heterocycles. The zero-order valence-corrected chi connectivity index (χ0v) is 10.8. The van der Waals surface area contributed by atoms with Gasteiger partial charge in [0.15, 0.2) is 0 Å². The molecule has 0 spiro atoms. The summed E-state index contributed by atoms with van der Waals surface area (Å²) in [5, 5.41) is 6.51. The number of benzene rings is 1. The number of alkyl halides is 3. The van der Waals surface area contributed by atoms with Gasteiger partial charge in [0.2, 0.25) is 0 Å². The van der Waals surface area contributed by atoms with Crippen molar-refractivity contribution in [3.8, 4) is 11.3 Å². The third-order valence-corrected chi connectivity index (χ3v) is 3.67. The summed E-state index contributed by atoms with van der Waals surface area (Å²) < 4.78 is 59.5. The first-order chi connectivity index (χ1) is 9.29. The zero-order chi connectivity index (χ0) is 14.8. The third kappa shape index (κ3) is 3.17. The highest BCUT2D eigenvalue weighted by atomic mass is 32.2. The fourth-order valence-corrected chi connectivity index (χ4v) is 2.00. The van der Waals surface area contributed by atoms with E-state index in [4.69, 9.17) is 0 Å². The first-order valence-electron chi connectivity index (χ1n) is 5.44. The van der Waals surface area contributed by atoms with Crippen LogP contribution >= 0.6 is 0 Å². The minimum Gasteiger partial charge on any atom is -0.278 e. The van der Waals surface area contributed by atoms with E-state index in [1.54, 1.807) is 24.4 Å². The van der Waals surface area contributed by atoms with Gasteiger partial charge < -0.3 is 0 Å². The normalized spacial score (nSPS) is 12.6. The van der Waals surface area contributed by atoms with E-state index >= 15 is 0 Å². The van der Waals surface area contributed by atoms with Gasteiger partial charge in [0, 0.05) is 12.7 Å². The minimum atomic E-state index is -5.32. The first-order valence-corrected chi connectivity index (χ1v) is 6.92.